The van der Waals surface area contributed by atoms with Crippen LogP contribution in [-0.4, -0.2) is 38.5 Å². The van der Waals surface area contributed by atoms with Gasteiger partial charge in [-0.1, -0.05) is 49.8 Å². The normalized spacial score (nSPS) is 16.3. The van der Waals surface area contributed by atoms with E-state index < -0.39 is 0 Å². The summed E-state index contributed by atoms with van der Waals surface area (Å²) in [5.41, 5.74) is 4.04. The van der Waals surface area contributed by atoms with Crippen LogP contribution in [0, 0.1) is 0 Å². The van der Waals surface area contributed by atoms with Gasteiger partial charge in [0.05, 0.1) is 30.9 Å². The maximum atomic E-state index is 12.1. The number of amidine groups is 1. The molecular formula is C26H34N4O2. The van der Waals surface area contributed by atoms with Crippen LogP contribution in [0.25, 0.3) is 0 Å². The Morgan fingerprint density at radius 1 is 1.19 bits per heavy atom. The van der Waals surface area contributed by atoms with Gasteiger partial charge in [0, 0.05) is 25.4 Å². The monoisotopic (exact) mass is 434 g/mol. The molecule has 0 bridgehead atoms. The summed E-state index contributed by atoms with van der Waals surface area (Å²) in [6.07, 6.45) is 4.42. The highest BCUT2D eigenvalue weighted by Gasteiger charge is 2.30. The van der Waals surface area contributed by atoms with Gasteiger partial charge in [0.15, 0.2) is 0 Å². The molecule has 0 radical (unpaired) electrons. The molecule has 2 aromatic rings. The molecule has 2 aromatic carbocycles. The molecule has 6 nitrogen and oxygen atoms in total. The zero-order valence-corrected chi connectivity index (χ0v) is 19.4. The van der Waals surface area contributed by atoms with Crippen LogP contribution >= 0.6 is 0 Å². The Bertz CT molecular complexity index is 956. The van der Waals surface area contributed by atoms with E-state index in [0.29, 0.717) is 13.0 Å². The van der Waals surface area contributed by atoms with Gasteiger partial charge in [-0.15, -0.1) is 0 Å². The predicted octanol–water partition coefficient (Wildman–Crippen LogP) is 4.78. The van der Waals surface area contributed by atoms with Gasteiger partial charge in [-0.05, 0) is 37.5 Å². The summed E-state index contributed by atoms with van der Waals surface area (Å²) < 4.78 is 5.40. The number of carbonyl (C=O) groups is 1. The summed E-state index contributed by atoms with van der Waals surface area (Å²) in [5, 5.41) is 6.66. The summed E-state index contributed by atoms with van der Waals surface area (Å²) in [7, 11) is 3.51. The molecule has 0 saturated carbocycles. The zero-order chi connectivity index (χ0) is 22.9. The van der Waals surface area contributed by atoms with E-state index in [9.17, 15) is 4.79 Å². The van der Waals surface area contributed by atoms with Crippen LogP contribution in [0.15, 0.2) is 65.8 Å². The number of aliphatic imine (C=N–C) groups is 1. The predicted molar refractivity (Wildman–Crippen MR) is 133 cm³/mol. The minimum absolute atomic E-state index is 0.0770. The number of amides is 1. The second-order valence-corrected chi connectivity index (χ2v) is 8.09. The second-order valence-electron chi connectivity index (χ2n) is 8.09. The van der Waals surface area contributed by atoms with Crippen LogP contribution in [0.5, 0.6) is 5.75 Å². The first-order valence-electron chi connectivity index (χ1n) is 11.2. The first kappa shape index (κ1) is 23.4. The Morgan fingerprint density at radius 2 is 1.97 bits per heavy atom. The van der Waals surface area contributed by atoms with E-state index in [2.05, 4.69) is 27.1 Å². The number of allylic oxidation sites excluding steroid dienone is 1. The number of hydrogen-bond donors (Lipinski definition) is 2. The number of nitrogens with zero attached hydrogens (tertiary/aromatic N) is 2. The number of rotatable bonds is 10. The fourth-order valence-electron chi connectivity index (χ4n) is 4.06. The first-order valence-corrected chi connectivity index (χ1v) is 11.2. The third-order valence-electron chi connectivity index (χ3n) is 5.63. The number of methoxy groups -OCH3 is 1. The second kappa shape index (κ2) is 11.4. The lowest BCUT2D eigenvalue weighted by molar-refractivity contribution is -0.120. The van der Waals surface area contributed by atoms with Gasteiger partial charge in [0.25, 0.3) is 0 Å². The molecule has 1 aliphatic heterocycles. The number of carbonyl (C=O) groups excluding carboxylic acids is 1. The van der Waals surface area contributed by atoms with Gasteiger partial charge in [-0.3, -0.25) is 14.7 Å². The van der Waals surface area contributed by atoms with Crippen LogP contribution in [0.3, 0.4) is 0 Å². The van der Waals surface area contributed by atoms with E-state index in [4.69, 9.17) is 4.74 Å². The lowest BCUT2D eigenvalue weighted by Crippen LogP contribution is -2.46. The summed E-state index contributed by atoms with van der Waals surface area (Å²) in [6, 6.07) is 15.9. The van der Waals surface area contributed by atoms with Crippen molar-refractivity contribution in [3.8, 4) is 5.75 Å². The van der Waals surface area contributed by atoms with Gasteiger partial charge in [0.2, 0.25) is 5.91 Å². The van der Waals surface area contributed by atoms with Crippen molar-refractivity contribution in [2.75, 3.05) is 30.9 Å². The van der Waals surface area contributed by atoms with E-state index in [1.54, 1.807) is 7.11 Å². The number of unbranched alkanes of at least 4 members (excludes halogenated alkanes) is 2. The van der Waals surface area contributed by atoms with Crippen molar-refractivity contribution in [3.05, 3.63) is 66.4 Å². The third-order valence-corrected chi connectivity index (χ3v) is 5.63. The molecule has 6 heteroatoms. The fraction of sp³-hybridized carbons (Fsp3) is 0.385. The van der Waals surface area contributed by atoms with E-state index in [1.165, 1.54) is 0 Å². The highest BCUT2D eigenvalue weighted by atomic mass is 16.5. The molecule has 1 unspecified atom stereocenters. The molecule has 2 N–H and O–H groups in total. The average Bonchev–Trinajstić information content (AvgIpc) is 2.80. The number of fused-ring (bicyclic) bond motifs is 1. The smallest absolute Gasteiger partial charge is 0.224 e. The molecular weight excluding hydrogens is 400 g/mol. The number of anilines is 2. The van der Waals surface area contributed by atoms with Gasteiger partial charge >= 0.3 is 0 Å². The molecule has 32 heavy (non-hydrogen) atoms. The van der Waals surface area contributed by atoms with Crippen LogP contribution in [0.4, 0.5) is 11.4 Å². The average molecular weight is 435 g/mol. The van der Waals surface area contributed by atoms with Crippen LogP contribution in [-0.2, 0) is 11.2 Å². The number of hydrogen-bond acceptors (Lipinski definition) is 4. The van der Waals surface area contributed by atoms with Crippen molar-refractivity contribution in [2.45, 2.75) is 45.1 Å². The minimum Gasteiger partial charge on any atom is -0.497 e. The minimum atomic E-state index is 0.0770. The van der Waals surface area contributed by atoms with E-state index >= 15 is 0 Å². The molecule has 0 aromatic heterocycles. The molecule has 170 valence electrons. The first-order chi connectivity index (χ1) is 15.5. The highest BCUT2D eigenvalue weighted by molar-refractivity contribution is 6.10. The van der Waals surface area contributed by atoms with Crippen molar-refractivity contribution in [2.24, 2.45) is 4.99 Å². The molecule has 0 spiro atoms. The number of nitrogens with one attached hydrogen (secondary N) is 2. The Balaban J connectivity index is 1.49. The van der Waals surface area contributed by atoms with Gasteiger partial charge in [-0.2, -0.15) is 0 Å². The maximum absolute atomic E-state index is 12.1. The molecule has 0 saturated heterocycles. The number of benzene rings is 2. The highest BCUT2D eigenvalue weighted by Crippen LogP contribution is 2.37. The van der Waals surface area contributed by atoms with Gasteiger partial charge < -0.3 is 15.4 Å². The summed E-state index contributed by atoms with van der Waals surface area (Å²) in [4.78, 5) is 18.8. The lowest BCUT2D eigenvalue weighted by Gasteiger charge is -2.38. The zero-order valence-electron chi connectivity index (χ0n) is 19.4. The van der Waals surface area contributed by atoms with Crippen molar-refractivity contribution in [1.82, 2.24) is 5.32 Å². The van der Waals surface area contributed by atoms with E-state index in [0.717, 1.165) is 59.9 Å². The van der Waals surface area contributed by atoms with Crippen molar-refractivity contribution in [1.29, 1.82) is 0 Å². The summed E-state index contributed by atoms with van der Waals surface area (Å²) in [5.74, 6) is 1.87. The van der Waals surface area contributed by atoms with Gasteiger partial charge in [0.1, 0.15) is 11.6 Å². The Kier molecular flexibility index (Phi) is 8.31. The Labute approximate surface area is 191 Å². The van der Waals surface area contributed by atoms with Crippen LogP contribution < -0.4 is 20.3 Å². The molecule has 1 aliphatic rings. The van der Waals surface area contributed by atoms with Crippen LogP contribution in [0.1, 0.15) is 38.2 Å². The third kappa shape index (κ3) is 5.90. The van der Waals surface area contributed by atoms with E-state index in [-0.39, 0.29) is 11.9 Å². The quantitative estimate of drug-likeness (QED) is 0.528. The molecule has 0 fully saturated rings. The summed E-state index contributed by atoms with van der Waals surface area (Å²) in [6.45, 7) is 6.87. The van der Waals surface area contributed by atoms with Crippen molar-refractivity contribution >= 4 is 23.1 Å². The standard InChI is InChI=1S/C26H34N4O2/c1-19(2)30-24-15-14-21(32-4)18-23(24)29-22(26(30)27-3)13-9-6-10-16-28-25(31)17-20-11-7-5-8-12-20/h5,7-8,11-12,14-15,18,22,29H,1,6,9-10,13,16-17H2,2-4H3,(H,28,31). The molecule has 3 rings (SSSR count). The SMILES string of the molecule is C=C(C)N1C(=NC)C(CCCCCNC(=O)Cc2ccccc2)Nc2cc(OC)ccc21. The molecule has 1 heterocycles. The van der Waals surface area contributed by atoms with Crippen LogP contribution in [0.2, 0.25) is 0 Å². The maximum Gasteiger partial charge on any atom is 0.224 e. The van der Waals surface area contributed by atoms with E-state index in [1.807, 2.05) is 62.5 Å². The fourth-order valence-corrected chi connectivity index (χ4v) is 4.06. The Hall–Kier alpha value is -3.28. The van der Waals surface area contributed by atoms with Gasteiger partial charge in [-0.25, -0.2) is 0 Å². The Morgan fingerprint density at radius 3 is 2.66 bits per heavy atom. The molecule has 1 atom stereocenters. The largest absolute Gasteiger partial charge is 0.497 e. The molecule has 0 aliphatic carbocycles. The lowest BCUT2D eigenvalue weighted by atomic mass is 10.0. The molecule has 1 amide bonds. The summed E-state index contributed by atoms with van der Waals surface area (Å²) >= 11 is 0. The van der Waals surface area contributed by atoms with Crippen molar-refractivity contribution < 1.29 is 9.53 Å². The number of ether oxygens (including phenoxy) is 1. The topological polar surface area (TPSA) is 66.0 Å². The van der Waals surface area contributed by atoms with Crippen molar-refractivity contribution in [3.63, 3.8) is 0 Å².